The van der Waals surface area contributed by atoms with Crippen LogP contribution in [-0.4, -0.2) is 94.4 Å². The fraction of sp³-hybridized carbons (Fsp3) is 0.510. The van der Waals surface area contributed by atoms with Crippen molar-refractivity contribution in [2.75, 3.05) is 13.2 Å². The summed E-state index contributed by atoms with van der Waals surface area (Å²) in [5.74, 6) is -2.48. The van der Waals surface area contributed by atoms with Gasteiger partial charge in [0.1, 0.15) is 47.2 Å². The summed E-state index contributed by atoms with van der Waals surface area (Å²) in [5, 5.41) is 30.5. The van der Waals surface area contributed by atoms with Gasteiger partial charge in [-0.25, -0.2) is 9.59 Å². The molecule has 0 aromatic heterocycles. The van der Waals surface area contributed by atoms with Crippen molar-refractivity contribution in [3.05, 3.63) is 88.5 Å². The van der Waals surface area contributed by atoms with Crippen molar-refractivity contribution in [3.63, 3.8) is 0 Å². The molecular weight excluding hydrogens is 797 g/mol. The third-order valence-corrected chi connectivity index (χ3v) is 10.6. The molecule has 5 rings (SSSR count). The molecule has 0 amide bonds. The van der Waals surface area contributed by atoms with E-state index in [1.807, 2.05) is 58.9 Å². The lowest BCUT2D eigenvalue weighted by molar-refractivity contribution is -0.152. The van der Waals surface area contributed by atoms with E-state index in [0.717, 1.165) is 18.4 Å². The van der Waals surface area contributed by atoms with Gasteiger partial charge in [-0.05, 0) is 96.2 Å². The first kappa shape index (κ1) is 51.3. The van der Waals surface area contributed by atoms with Crippen molar-refractivity contribution in [1.82, 2.24) is 0 Å². The number of cyclic esters (lactones) is 2. The van der Waals surface area contributed by atoms with E-state index in [4.69, 9.17) is 28.4 Å². The second-order valence-electron chi connectivity index (χ2n) is 16.1. The lowest BCUT2D eigenvalue weighted by Crippen LogP contribution is -2.32. The van der Waals surface area contributed by atoms with Crippen LogP contribution in [0.4, 0.5) is 0 Å². The zero-order valence-electron chi connectivity index (χ0n) is 36.7. The summed E-state index contributed by atoms with van der Waals surface area (Å²) >= 11 is 0. The van der Waals surface area contributed by atoms with Crippen LogP contribution in [0.2, 0.25) is 0 Å². The van der Waals surface area contributed by atoms with Crippen LogP contribution in [-0.2, 0) is 28.5 Å². The summed E-state index contributed by atoms with van der Waals surface area (Å²) in [4.78, 5) is 50.9. The molecular formula is C49H66O13. The fourth-order valence-electron chi connectivity index (χ4n) is 6.67. The number of phenolic OH excluding ortho intramolecular Hbond substituents is 1. The van der Waals surface area contributed by atoms with E-state index in [1.54, 1.807) is 39.8 Å². The molecule has 2 aromatic carbocycles. The molecule has 3 aliphatic heterocycles. The molecule has 13 heteroatoms. The quantitative estimate of drug-likeness (QED) is 0.236. The van der Waals surface area contributed by atoms with Gasteiger partial charge in [0.05, 0.1) is 31.0 Å². The van der Waals surface area contributed by atoms with Crippen LogP contribution in [0.5, 0.6) is 17.2 Å². The van der Waals surface area contributed by atoms with Crippen LogP contribution < -0.4 is 9.47 Å². The van der Waals surface area contributed by atoms with Gasteiger partial charge >= 0.3 is 11.9 Å². The SMILES string of the molecule is C.CCCOc1ccc(C)c2c1/C=C/C[C@@H]1OC(C)(C)O[C@@H]1C(=O)/C=C\[C@@H](C)[C@H](C)OC2=O.CCCOc1ccc(O)c2c1/C=C/C[C@H](O)[C@H](O)C(=O)/C=C\[C@@H](C)[C@H](C)OC2=O. The lowest BCUT2D eigenvalue weighted by atomic mass is 9.97. The predicted octanol–water partition coefficient (Wildman–Crippen LogP) is 8.29. The Hall–Kier alpha value is -5.08. The minimum atomic E-state index is -1.57. The molecule has 0 unspecified atom stereocenters. The van der Waals surface area contributed by atoms with Crippen LogP contribution in [0.15, 0.2) is 60.7 Å². The van der Waals surface area contributed by atoms with Gasteiger partial charge < -0.3 is 43.7 Å². The summed E-state index contributed by atoms with van der Waals surface area (Å²) in [6, 6.07) is 6.67. The molecule has 8 atom stereocenters. The molecule has 0 saturated carbocycles. The largest absolute Gasteiger partial charge is 0.507 e. The number of hydrogen-bond donors (Lipinski definition) is 3. The van der Waals surface area contributed by atoms with E-state index in [2.05, 4.69) is 0 Å². The molecule has 340 valence electrons. The Morgan fingerprint density at radius 3 is 1.76 bits per heavy atom. The van der Waals surface area contributed by atoms with Crippen molar-refractivity contribution < 1.29 is 62.9 Å². The molecule has 0 aliphatic carbocycles. The first-order valence-electron chi connectivity index (χ1n) is 21.0. The second-order valence-corrected chi connectivity index (χ2v) is 16.1. The molecule has 13 nitrogen and oxygen atoms in total. The van der Waals surface area contributed by atoms with Crippen molar-refractivity contribution in [1.29, 1.82) is 0 Å². The maximum absolute atomic E-state index is 13.2. The maximum Gasteiger partial charge on any atom is 0.342 e. The van der Waals surface area contributed by atoms with Gasteiger partial charge in [0.2, 0.25) is 0 Å². The normalized spacial score (nSPS) is 28.6. The lowest BCUT2D eigenvalue weighted by Gasteiger charge is -2.21. The molecule has 62 heavy (non-hydrogen) atoms. The number of hydrogen-bond acceptors (Lipinski definition) is 13. The molecule has 1 saturated heterocycles. The van der Waals surface area contributed by atoms with Gasteiger partial charge in [0, 0.05) is 23.0 Å². The zero-order chi connectivity index (χ0) is 45.0. The van der Waals surface area contributed by atoms with E-state index in [9.17, 15) is 34.5 Å². The van der Waals surface area contributed by atoms with Crippen molar-refractivity contribution >= 4 is 35.7 Å². The number of carbonyl (C=O) groups is 4. The van der Waals surface area contributed by atoms with E-state index in [1.165, 1.54) is 36.4 Å². The number of rotatable bonds is 6. The van der Waals surface area contributed by atoms with E-state index in [0.29, 0.717) is 47.8 Å². The Kier molecular flexibility index (Phi) is 19.3. The van der Waals surface area contributed by atoms with Crippen LogP contribution in [0.3, 0.4) is 0 Å². The number of benzene rings is 2. The summed E-state index contributed by atoms with van der Waals surface area (Å²) in [5.41, 5.74) is 2.25. The molecule has 0 bridgehead atoms. The Balaban J connectivity index is 0.000000327. The monoisotopic (exact) mass is 862 g/mol. The van der Waals surface area contributed by atoms with Gasteiger partial charge in [-0.15, -0.1) is 0 Å². The second kappa shape index (κ2) is 23.4. The van der Waals surface area contributed by atoms with E-state index < -0.39 is 60.1 Å². The molecule has 1 fully saturated rings. The summed E-state index contributed by atoms with van der Waals surface area (Å²) in [7, 11) is 0. The smallest absolute Gasteiger partial charge is 0.342 e. The fourth-order valence-corrected chi connectivity index (χ4v) is 6.67. The topological polar surface area (TPSA) is 184 Å². The summed E-state index contributed by atoms with van der Waals surface area (Å²) in [6.45, 7) is 17.6. The van der Waals surface area contributed by atoms with Crippen molar-refractivity contribution in [2.45, 2.75) is 138 Å². The number of carbonyl (C=O) groups excluding carboxylic acids is 4. The average molecular weight is 863 g/mol. The highest BCUT2D eigenvalue weighted by Gasteiger charge is 2.43. The standard InChI is InChI=1S/C26H34O6.C22H28O7.CH4/c1-7-15-29-21-14-12-17(3)23-19(21)9-8-10-22-24(32-26(5,6)31-22)20(27)13-11-16(2)18(4)30-25(23)28;1-4-12-28-19-11-10-16(23)20-15(19)6-5-7-17(24)21(26)18(25)9-8-13(2)14(3)29-22(20)27;/h8-9,11-14,16,18,22,24H,7,10,15H2,1-6H3;5-6,8-11,13-14,17,21,23-24,26H,4,7,12H2,1-3H3;1H4/b9-8+,13-11-;6-5+,9-8-;/t16-,18+,22+,24-;13-,14+,17+,21+;/m11./s1. The minimum absolute atomic E-state index is 0. The van der Waals surface area contributed by atoms with Gasteiger partial charge in [0.15, 0.2) is 17.4 Å². The number of esters is 2. The maximum atomic E-state index is 13.2. The number of aliphatic hydroxyl groups is 2. The Labute approximate surface area is 366 Å². The Morgan fingerprint density at radius 2 is 1.19 bits per heavy atom. The van der Waals surface area contributed by atoms with Crippen LogP contribution in [0.1, 0.15) is 126 Å². The van der Waals surface area contributed by atoms with Crippen LogP contribution in [0.25, 0.3) is 12.2 Å². The van der Waals surface area contributed by atoms with Gasteiger partial charge in [-0.2, -0.15) is 0 Å². The molecule has 2 aromatic rings. The number of ketones is 2. The Morgan fingerprint density at radius 1 is 0.694 bits per heavy atom. The molecule has 0 radical (unpaired) electrons. The van der Waals surface area contributed by atoms with Crippen LogP contribution in [0, 0.1) is 18.8 Å². The highest BCUT2D eigenvalue weighted by Crippen LogP contribution is 2.35. The first-order valence-corrected chi connectivity index (χ1v) is 21.0. The number of phenols is 1. The number of aliphatic hydroxyl groups excluding tert-OH is 2. The third kappa shape index (κ3) is 13.5. The number of aryl methyl sites for hydroxylation is 1. The van der Waals surface area contributed by atoms with Gasteiger partial charge in [-0.3, -0.25) is 9.59 Å². The average Bonchev–Trinajstić information content (AvgIpc) is 3.53. The Bertz CT molecular complexity index is 1990. The molecule has 0 spiro atoms. The highest BCUT2D eigenvalue weighted by molar-refractivity contribution is 5.98. The predicted molar refractivity (Wildman–Crippen MR) is 237 cm³/mol. The number of ether oxygens (including phenoxy) is 6. The molecule has 3 heterocycles. The molecule has 3 aliphatic rings. The van der Waals surface area contributed by atoms with Gasteiger partial charge in [0.25, 0.3) is 0 Å². The zero-order valence-corrected chi connectivity index (χ0v) is 36.7. The summed E-state index contributed by atoms with van der Waals surface area (Å²) < 4.78 is 34.8. The van der Waals surface area contributed by atoms with E-state index in [-0.39, 0.29) is 42.8 Å². The highest BCUT2D eigenvalue weighted by atomic mass is 16.8. The van der Waals surface area contributed by atoms with Crippen LogP contribution >= 0.6 is 0 Å². The van der Waals surface area contributed by atoms with Gasteiger partial charge in [-0.1, -0.05) is 77.6 Å². The molecule has 3 N–H and O–H groups in total. The number of aromatic hydroxyl groups is 1. The summed E-state index contributed by atoms with van der Waals surface area (Å²) in [6.07, 6.45) is 9.77. The third-order valence-electron chi connectivity index (χ3n) is 10.6. The first-order chi connectivity index (χ1) is 28.9. The number of fused-ring (bicyclic) bond motifs is 3. The minimum Gasteiger partial charge on any atom is -0.507 e. The van der Waals surface area contributed by atoms with E-state index >= 15 is 0 Å². The van der Waals surface area contributed by atoms with Crippen molar-refractivity contribution in [3.8, 4) is 17.2 Å². The van der Waals surface area contributed by atoms with Crippen molar-refractivity contribution in [2.24, 2.45) is 11.8 Å².